The maximum absolute atomic E-state index is 13.8. The van der Waals surface area contributed by atoms with Crippen LogP contribution < -0.4 is 20.1 Å². The van der Waals surface area contributed by atoms with Gasteiger partial charge in [-0.2, -0.15) is 4.98 Å². The largest absolute Gasteiger partial charge is 0.497 e. The van der Waals surface area contributed by atoms with E-state index in [0.29, 0.717) is 17.1 Å². The van der Waals surface area contributed by atoms with Crippen LogP contribution in [0.25, 0.3) is 0 Å². The van der Waals surface area contributed by atoms with Crippen molar-refractivity contribution in [3.63, 3.8) is 0 Å². The number of carbonyl (C=O) groups excluding carboxylic acids is 1. The van der Waals surface area contributed by atoms with Gasteiger partial charge in [0.25, 0.3) is 5.91 Å². The van der Waals surface area contributed by atoms with E-state index >= 15 is 0 Å². The third-order valence-electron chi connectivity index (χ3n) is 10.1. The molecule has 0 radical (unpaired) electrons. The van der Waals surface area contributed by atoms with E-state index in [1.807, 2.05) is 78.9 Å². The van der Waals surface area contributed by atoms with Crippen molar-refractivity contribution < 1.29 is 33.8 Å². The number of imidazole rings is 1. The Morgan fingerprint density at radius 2 is 1.49 bits per heavy atom. The van der Waals surface area contributed by atoms with Crippen LogP contribution in [0.5, 0.6) is 11.5 Å². The second-order valence-electron chi connectivity index (χ2n) is 13.3. The van der Waals surface area contributed by atoms with Crippen LogP contribution >= 0.6 is 0 Å². The van der Waals surface area contributed by atoms with Crippen LogP contribution in [-0.2, 0) is 28.7 Å². The fraction of sp³-hybridized carbons (Fsp3) is 0.238. The Balaban J connectivity index is 1.17. The van der Waals surface area contributed by atoms with Gasteiger partial charge in [-0.15, -0.1) is 0 Å². The summed E-state index contributed by atoms with van der Waals surface area (Å²) in [6, 6.07) is 34.7. The highest BCUT2D eigenvalue weighted by atomic mass is 16.6. The van der Waals surface area contributed by atoms with Gasteiger partial charge in [0.15, 0.2) is 0 Å². The molecule has 6 aromatic rings. The van der Waals surface area contributed by atoms with Crippen LogP contribution in [0.4, 0.5) is 11.6 Å². The molecule has 2 aromatic heterocycles. The number of nitro groups is 1. The summed E-state index contributed by atoms with van der Waals surface area (Å²) in [6.45, 7) is -0.280. The molecule has 0 saturated carbocycles. The molecule has 1 saturated heterocycles. The second kappa shape index (κ2) is 16.6. The number of aliphatic hydroxyl groups excluding tert-OH is 1. The van der Waals surface area contributed by atoms with Gasteiger partial charge in [-0.1, -0.05) is 72.8 Å². The summed E-state index contributed by atoms with van der Waals surface area (Å²) in [4.78, 5) is 48.0. The summed E-state index contributed by atoms with van der Waals surface area (Å²) in [6.07, 6.45) is -0.172. The Morgan fingerprint density at radius 3 is 2.04 bits per heavy atom. The highest BCUT2D eigenvalue weighted by Crippen LogP contribution is 2.42. The Bertz CT molecular complexity index is 2340. The number of aromatic nitrogens is 4. The van der Waals surface area contributed by atoms with Crippen molar-refractivity contribution in [2.24, 2.45) is 7.05 Å². The molecule has 7 rings (SSSR count). The smallest absolute Gasteiger partial charge is 0.351 e. The molecule has 1 N–H and O–H groups in total. The maximum atomic E-state index is 13.8. The number of amides is 1. The van der Waals surface area contributed by atoms with Gasteiger partial charge in [0.1, 0.15) is 48.0 Å². The SMILES string of the molecule is COc1ccc(C(OC[C@H]2O[C@@H](n3ccc(N(Cc4ncc([N+](=O)[O-])n4C)C(=O)c4ccccc4)nc3=O)C[C@@H]2O)(c2ccccc2)c2ccc(OC)cc2)cc1. The zero-order valence-electron chi connectivity index (χ0n) is 31.4. The van der Waals surface area contributed by atoms with Gasteiger partial charge < -0.3 is 34.2 Å². The predicted molar refractivity (Wildman–Crippen MR) is 208 cm³/mol. The zero-order chi connectivity index (χ0) is 40.1. The number of hydrogen-bond acceptors (Lipinski definition) is 11. The van der Waals surface area contributed by atoms with Crippen molar-refractivity contribution in [2.45, 2.75) is 37.0 Å². The van der Waals surface area contributed by atoms with Crippen molar-refractivity contribution in [3.05, 3.63) is 176 Å². The molecule has 57 heavy (non-hydrogen) atoms. The standard InChI is InChI=1S/C42H40N6O9/c1-45-37(43-25-38(45)48(52)53)26-47(40(50)28-10-6-4-7-11-28)36-22-23-46(41(51)44-36)39-24-34(49)35(57-39)27-56-42(29-12-8-5-9-13-29,30-14-18-32(54-2)19-15-30)31-16-20-33(55-3)21-17-31/h4-23,25,34-35,39,49H,24,26-27H2,1-3H3/t34-,35+,39+/m0/s1. The highest BCUT2D eigenvalue weighted by Gasteiger charge is 2.42. The van der Waals surface area contributed by atoms with E-state index < -0.39 is 40.6 Å². The van der Waals surface area contributed by atoms with Crippen LogP contribution in [0.15, 0.2) is 132 Å². The average Bonchev–Trinajstić information content (AvgIpc) is 3.81. The molecular formula is C42H40N6O9. The summed E-state index contributed by atoms with van der Waals surface area (Å²) >= 11 is 0. The first kappa shape index (κ1) is 38.6. The second-order valence-corrected chi connectivity index (χ2v) is 13.3. The molecular weight excluding hydrogens is 732 g/mol. The first-order chi connectivity index (χ1) is 27.6. The normalized spacial score (nSPS) is 16.6. The number of aliphatic hydroxyl groups is 1. The first-order valence-electron chi connectivity index (χ1n) is 18.1. The van der Waals surface area contributed by atoms with E-state index in [2.05, 4.69) is 9.97 Å². The molecule has 1 fully saturated rings. The van der Waals surface area contributed by atoms with Gasteiger partial charge in [0.05, 0.1) is 34.0 Å². The molecule has 1 aliphatic rings. The lowest BCUT2D eigenvalue weighted by atomic mass is 9.80. The minimum Gasteiger partial charge on any atom is -0.497 e. The van der Waals surface area contributed by atoms with Crippen molar-refractivity contribution >= 4 is 17.5 Å². The molecule has 3 atom stereocenters. The molecule has 1 amide bonds. The number of rotatable bonds is 14. The molecule has 1 aliphatic heterocycles. The topological polar surface area (TPSA) is 173 Å². The predicted octanol–water partition coefficient (Wildman–Crippen LogP) is 5.41. The number of hydrogen-bond donors (Lipinski definition) is 1. The number of nitrogens with zero attached hydrogens (tertiary/aromatic N) is 6. The first-order valence-corrected chi connectivity index (χ1v) is 18.1. The lowest BCUT2D eigenvalue weighted by Crippen LogP contribution is -2.38. The number of ether oxygens (including phenoxy) is 4. The molecule has 15 heteroatoms. The molecule has 15 nitrogen and oxygen atoms in total. The minimum absolute atomic E-state index is 0.000753. The lowest BCUT2D eigenvalue weighted by molar-refractivity contribution is -0.391. The summed E-state index contributed by atoms with van der Waals surface area (Å²) in [5, 5.41) is 22.8. The number of carbonyl (C=O) groups is 1. The van der Waals surface area contributed by atoms with E-state index in [9.17, 15) is 24.8 Å². The van der Waals surface area contributed by atoms with E-state index in [-0.39, 0.29) is 37.0 Å². The van der Waals surface area contributed by atoms with Gasteiger partial charge in [0.2, 0.25) is 5.82 Å². The van der Waals surface area contributed by atoms with Gasteiger partial charge in [-0.25, -0.2) is 14.3 Å². The molecule has 0 unspecified atom stereocenters. The zero-order valence-corrected chi connectivity index (χ0v) is 31.4. The van der Waals surface area contributed by atoms with Crippen LogP contribution in [0.1, 0.15) is 45.5 Å². The van der Waals surface area contributed by atoms with Crippen molar-refractivity contribution in [2.75, 3.05) is 25.7 Å². The van der Waals surface area contributed by atoms with Gasteiger partial charge in [0, 0.05) is 18.2 Å². The van der Waals surface area contributed by atoms with Crippen LogP contribution in [0, 0.1) is 10.1 Å². The van der Waals surface area contributed by atoms with E-state index in [1.54, 1.807) is 44.6 Å². The Morgan fingerprint density at radius 1 is 0.912 bits per heavy atom. The monoisotopic (exact) mass is 772 g/mol. The molecule has 4 aromatic carbocycles. The van der Waals surface area contributed by atoms with Crippen LogP contribution in [0.3, 0.4) is 0 Å². The van der Waals surface area contributed by atoms with Gasteiger partial charge in [-0.05, 0) is 64.1 Å². The van der Waals surface area contributed by atoms with Gasteiger partial charge in [-0.3, -0.25) is 14.3 Å². The summed E-state index contributed by atoms with van der Waals surface area (Å²) in [5.74, 6) is 0.798. The third kappa shape index (κ3) is 7.76. The summed E-state index contributed by atoms with van der Waals surface area (Å²) in [7, 11) is 4.67. The fourth-order valence-electron chi connectivity index (χ4n) is 6.98. The number of methoxy groups -OCH3 is 2. The lowest BCUT2D eigenvalue weighted by Gasteiger charge is -2.37. The van der Waals surface area contributed by atoms with Crippen molar-refractivity contribution in [1.29, 1.82) is 0 Å². The number of benzene rings is 4. The molecule has 0 bridgehead atoms. The summed E-state index contributed by atoms with van der Waals surface area (Å²) in [5.41, 5.74) is 0.842. The Hall–Kier alpha value is -6.68. The number of anilines is 1. The highest BCUT2D eigenvalue weighted by molar-refractivity contribution is 6.05. The van der Waals surface area contributed by atoms with Crippen molar-refractivity contribution in [3.8, 4) is 11.5 Å². The molecule has 292 valence electrons. The average molecular weight is 773 g/mol. The molecule has 3 heterocycles. The molecule has 0 aliphatic carbocycles. The maximum Gasteiger partial charge on any atom is 0.351 e. The van der Waals surface area contributed by atoms with Gasteiger partial charge >= 0.3 is 11.5 Å². The fourth-order valence-corrected chi connectivity index (χ4v) is 6.98. The van der Waals surface area contributed by atoms with Crippen LogP contribution in [0.2, 0.25) is 0 Å². The summed E-state index contributed by atoms with van der Waals surface area (Å²) < 4.78 is 26.7. The Kier molecular flexibility index (Phi) is 11.2. The van der Waals surface area contributed by atoms with E-state index in [0.717, 1.165) is 22.9 Å². The minimum atomic E-state index is -1.16. The molecule has 0 spiro atoms. The van der Waals surface area contributed by atoms with Crippen molar-refractivity contribution in [1.82, 2.24) is 19.1 Å². The Labute approximate surface area is 327 Å². The quantitative estimate of drug-likeness (QED) is 0.0853. The van der Waals surface area contributed by atoms with E-state index in [1.165, 1.54) is 33.3 Å². The van der Waals surface area contributed by atoms with E-state index in [4.69, 9.17) is 18.9 Å². The van der Waals surface area contributed by atoms with Crippen LogP contribution in [-0.4, -0.2) is 68.1 Å². The third-order valence-corrected chi connectivity index (χ3v) is 10.1.